The molecule has 1 aliphatic heterocycles. The third-order valence-electron chi connectivity index (χ3n) is 5.88. The summed E-state index contributed by atoms with van der Waals surface area (Å²) < 4.78 is 75.0. The van der Waals surface area contributed by atoms with Crippen LogP contribution in [-0.4, -0.2) is 67.2 Å². The van der Waals surface area contributed by atoms with Gasteiger partial charge < -0.3 is 14.7 Å². The monoisotopic (exact) mass is 547 g/mol. The van der Waals surface area contributed by atoms with Crippen LogP contribution in [0, 0.1) is 11.7 Å². The summed E-state index contributed by atoms with van der Waals surface area (Å²) in [5.74, 6) is -5.28. The number of benzene rings is 1. The van der Waals surface area contributed by atoms with Crippen LogP contribution in [0.1, 0.15) is 26.7 Å². The van der Waals surface area contributed by atoms with Gasteiger partial charge >= 0.3 is 5.97 Å². The van der Waals surface area contributed by atoms with Gasteiger partial charge in [-0.25, -0.2) is 26.6 Å². The maximum atomic E-state index is 13.7. The van der Waals surface area contributed by atoms with Crippen LogP contribution in [-0.2, 0) is 14.8 Å². The van der Waals surface area contributed by atoms with Gasteiger partial charge in [-0.3, -0.25) is 4.79 Å². The lowest BCUT2D eigenvalue weighted by molar-refractivity contribution is -0.142. The van der Waals surface area contributed by atoms with Crippen molar-refractivity contribution in [2.75, 3.05) is 31.4 Å². The van der Waals surface area contributed by atoms with Crippen LogP contribution in [0.25, 0.3) is 0 Å². The van der Waals surface area contributed by atoms with E-state index >= 15 is 0 Å². The Balaban J connectivity index is 2.16. The van der Waals surface area contributed by atoms with E-state index in [4.69, 9.17) is 9.84 Å². The number of ether oxygens (including phenoxy) is 1. The second kappa shape index (κ2) is 10.9. The van der Waals surface area contributed by atoms with Crippen molar-refractivity contribution in [1.82, 2.24) is 9.29 Å². The molecule has 0 bridgehead atoms. The highest BCUT2D eigenvalue weighted by atomic mass is 32.2. The van der Waals surface area contributed by atoms with E-state index in [1.807, 2.05) is 0 Å². The summed E-state index contributed by atoms with van der Waals surface area (Å²) in [6, 6.07) is 5.79. The van der Waals surface area contributed by atoms with E-state index in [0.717, 1.165) is 11.2 Å². The number of rotatable bonds is 9. The van der Waals surface area contributed by atoms with Gasteiger partial charge in [-0.2, -0.15) is 4.31 Å². The molecular weight excluding hydrogens is 519 g/mol. The predicted octanol–water partition coefficient (Wildman–Crippen LogP) is 4.62. The van der Waals surface area contributed by atoms with Crippen LogP contribution < -0.4 is 9.64 Å². The average molecular weight is 548 g/mol. The van der Waals surface area contributed by atoms with Gasteiger partial charge in [-0.05, 0) is 50.8 Å². The summed E-state index contributed by atoms with van der Waals surface area (Å²) in [7, 11) is -2.90. The number of aromatic nitrogens is 1. The average Bonchev–Trinajstić information content (AvgIpc) is 2.88. The minimum absolute atomic E-state index is 0.00150. The molecule has 0 spiro atoms. The molecule has 0 radical (unpaired) electrons. The molecule has 1 N–H and O–H groups in total. The van der Waals surface area contributed by atoms with Crippen molar-refractivity contribution in [3.8, 4) is 5.75 Å². The molecule has 0 fully saturated rings. The number of carboxylic acids is 1. The lowest BCUT2D eigenvalue weighted by Gasteiger charge is -2.29. The van der Waals surface area contributed by atoms with Gasteiger partial charge in [0.2, 0.25) is 15.9 Å². The zero-order valence-electron chi connectivity index (χ0n) is 20.2. The minimum atomic E-state index is -4.22. The molecule has 1 aliphatic rings. The fraction of sp³-hybridized carbons (Fsp3) is 0.478. The van der Waals surface area contributed by atoms with Crippen molar-refractivity contribution in [3.05, 3.63) is 36.1 Å². The Hall–Kier alpha value is -2.51. The molecule has 0 amide bonds. The van der Waals surface area contributed by atoms with E-state index in [1.165, 1.54) is 56.1 Å². The molecule has 3 rings (SSSR count). The number of likely N-dealkylation sites (N-methyl/N-ethyl adjacent to an activating group) is 1. The number of sulfonamides is 1. The van der Waals surface area contributed by atoms with Crippen molar-refractivity contribution in [3.63, 3.8) is 0 Å². The van der Waals surface area contributed by atoms with Crippen molar-refractivity contribution in [1.29, 1.82) is 0 Å². The number of hydrogen-bond acceptors (Lipinski definition) is 7. The summed E-state index contributed by atoms with van der Waals surface area (Å²) in [5.41, 5.74) is 0.434. The lowest BCUT2D eigenvalue weighted by Crippen LogP contribution is -2.41. The van der Waals surface area contributed by atoms with E-state index < -0.39 is 46.1 Å². The quantitative estimate of drug-likeness (QED) is 0.454. The zero-order chi connectivity index (χ0) is 26.8. The highest BCUT2D eigenvalue weighted by Gasteiger charge is 2.40. The number of aliphatic carboxylic acids is 1. The molecule has 13 heteroatoms. The summed E-state index contributed by atoms with van der Waals surface area (Å²) in [4.78, 5) is 17.1. The van der Waals surface area contributed by atoms with Gasteiger partial charge in [-0.15, -0.1) is 11.8 Å². The largest absolute Gasteiger partial charge is 0.490 e. The Bertz CT molecular complexity index is 1210. The van der Waals surface area contributed by atoms with Gasteiger partial charge in [0.15, 0.2) is 11.6 Å². The second-order valence-electron chi connectivity index (χ2n) is 8.74. The second-order valence-corrected chi connectivity index (χ2v) is 11.5. The zero-order valence-corrected chi connectivity index (χ0v) is 21.9. The van der Waals surface area contributed by atoms with E-state index in [2.05, 4.69) is 4.98 Å². The molecule has 0 unspecified atom stereocenters. The van der Waals surface area contributed by atoms with Crippen LogP contribution in [0.2, 0.25) is 0 Å². The van der Waals surface area contributed by atoms with Crippen molar-refractivity contribution in [2.45, 2.75) is 48.6 Å². The van der Waals surface area contributed by atoms with E-state index in [1.54, 1.807) is 11.2 Å². The van der Waals surface area contributed by atoms with Gasteiger partial charge in [0.1, 0.15) is 22.3 Å². The predicted molar refractivity (Wildman–Crippen MR) is 130 cm³/mol. The summed E-state index contributed by atoms with van der Waals surface area (Å²) in [6.45, 7) is 2.02. The Labute approximate surface area is 212 Å². The minimum Gasteiger partial charge on any atom is -0.490 e. The fourth-order valence-electron chi connectivity index (χ4n) is 3.68. The van der Waals surface area contributed by atoms with Gasteiger partial charge in [0.05, 0.1) is 5.92 Å². The van der Waals surface area contributed by atoms with Crippen LogP contribution in [0.4, 0.5) is 24.7 Å². The molecule has 0 aliphatic carbocycles. The first kappa shape index (κ1) is 28.1. The molecule has 0 saturated carbocycles. The highest BCUT2D eigenvalue weighted by Crippen LogP contribution is 2.41. The standard InChI is InChI=1S/C23H28F3N3O5S2/c1-14(22(30)31)13-34-18-11-19-20(27-21(18)35-4)29(16-7-5-15(24)6-8-16)12-17(9-10-23(2,25)26)28(3)36(19,32)33/h5-8,11,14,17H,9-10,12-13H2,1-4H3,(H,30,31)/t14-,17-/m1/s1. The Kier molecular flexibility index (Phi) is 8.46. The van der Waals surface area contributed by atoms with Gasteiger partial charge in [0, 0.05) is 37.8 Å². The first-order chi connectivity index (χ1) is 16.7. The van der Waals surface area contributed by atoms with E-state index in [9.17, 15) is 26.4 Å². The number of carbonyl (C=O) groups is 1. The lowest BCUT2D eigenvalue weighted by atomic mass is 10.1. The van der Waals surface area contributed by atoms with Crippen LogP contribution in [0.3, 0.4) is 0 Å². The van der Waals surface area contributed by atoms with Crippen LogP contribution in [0.15, 0.2) is 40.3 Å². The Morgan fingerprint density at radius 1 is 1.33 bits per heavy atom. The summed E-state index contributed by atoms with van der Waals surface area (Å²) >= 11 is 1.17. The molecular formula is C23H28F3N3O5S2. The van der Waals surface area contributed by atoms with E-state index in [0.29, 0.717) is 10.7 Å². The van der Waals surface area contributed by atoms with Gasteiger partial charge in [0.25, 0.3) is 0 Å². The normalized spacial score (nSPS) is 18.9. The highest BCUT2D eigenvalue weighted by molar-refractivity contribution is 7.98. The Morgan fingerprint density at radius 3 is 2.53 bits per heavy atom. The number of pyridine rings is 1. The Morgan fingerprint density at radius 2 is 1.97 bits per heavy atom. The number of carboxylic acid groups (broad SMARTS) is 1. The summed E-state index contributed by atoms with van der Waals surface area (Å²) in [5, 5.41) is 9.48. The number of fused-ring (bicyclic) bond motifs is 1. The van der Waals surface area contributed by atoms with Crippen LogP contribution in [0.5, 0.6) is 5.75 Å². The maximum Gasteiger partial charge on any atom is 0.309 e. The number of nitrogens with zero attached hydrogens (tertiary/aromatic N) is 3. The van der Waals surface area contributed by atoms with Crippen LogP contribution >= 0.6 is 11.8 Å². The molecule has 8 nitrogen and oxygen atoms in total. The van der Waals surface area contributed by atoms with Crippen molar-refractivity contribution in [2.24, 2.45) is 5.92 Å². The number of hydrogen-bond donors (Lipinski definition) is 1. The number of alkyl halides is 2. The number of anilines is 2. The topological polar surface area (TPSA) is 100 Å². The maximum absolute atomic E-state index is 13.7. The third kappa shape index (κ3) is 6.24. The van der Waals surface area contributed by atoms with Gasteiger partial charge in [-0.1, -0.05) is 0 Å². The van der Waals surface area contributed by atoms with E-state index in [-0.39, 0.29) is 36.0 Å². The summed E-state index contributed by atoms with van der Waals surface area (Å²) in [6.07, 6.45) is 1.05. The molecule has 2 atom stereocenters. The molecule has 2 aromatic rings. The molecule has 36 heavy (non-hydrogen) atoms. The van der Waals surface area contributed by atoms with Crippen molar-refractivity contribution >= 4 is 39.3 Å². The molecule has 1 aromatic carbocycles. The molecule has 198 valence electrons. The molecule has 1 aromatic heterocycles. The smallest absolute Gasteiger partial charge is 0.309 e. The third-order valence-corrected chi connectivity index (χ3v) is 8.47. The fourth-order valence-corrected chi connectivity index (χ4v) is 5.69. The number of halogens is 3. The first-order valence-corrected chi connectivity index (χ1v) is 13.7. The SMILES string of the molecule is CSc1nc2c(cc1OC[C@@H](C)C(=O)O)S(=O)(=O)N(C)[C@H](CCC(C)(F)F)CN2c1ccc(F)cc1. The van der Waals surface area contributed by atoms with Crippen molar-refractivity contribution < 1.29 is 36.2 Å². The number of thioether (sulfide) groups is 1. The molecule has 0 saturated heterocycles. The molecule has 2 heterocycles. The first-order valence-electron chi connectivity index (χ1n) is 11.1.